The van der Waals surface area contributed by atoms with Crippen molar-refractivity contribution >= 4 is 33.2 Å². The Bertz CT molecular complexity index is 934. The third kappa shape index (κ3) is 5.76. The Balaban J connectivity index is 2.15. The minimum Gasteiger partial charge on any atom is -0.323 e. The molecule has 1 aromatic heterocycles. The zero-order valence-corrected chi connectivity index (χ0v) is 18.6. The predicted molar refractivity (Wildman–Crippen MR) is 115 cm³/mol. The van der Waals surface area contributed by atoms with Gasteiger partial charge in [-0.05, 0) is 44.2 Å². The molecule has 2 atom stereocenters. The highest BCUT2D eigenvalue weighted by Crippen LogP contribution is 2.27. The number of nitrogens with one attached hydrogen (secondary N) is 2. The van der Waals surface area contributed by atoms with Crippen LogP contribution in [0.4, 0.5) is 5.69 Å². The fourth-order valence-electron chi connectivity index (χ4n) is 2.88. The summed E-state index contributed by atoms with van der Waals surface area (Å²) < 4.78 is 26.8. The molecule has 0 bridgehead atoms. The van der Waals surface area contributed by atoms with Gasteiger partial charge in [-0.2, -0.15) is 4.31 Å². The lowest BCUT2D eigenvalue weighted by atomic mass is 10.2. The average Bonchev–Trinajstić information content (AvgIpc) is 2.70. The van der Waals surface area contributed by atoms with Gasteiger partial charge in [0.25, 0.3) is 0 Å². The van der Waals surface area contributed by atoms with Gasteiger partial charge >= 0.3 is 0 Å². The van der Waals surface area contributed by atoms with Gasteiger partial charge in [0.2, 0.25) is 15.9 Å². The second-order valence-electron chi connectivity index (χ2n) is 6.58. The molecule has 0 aliphatic rings. The van der Waals surface area contributed by atoms with Crippen LogP contribution in [0, 0.1) is 0 Å². The molecule has 0 spiro atoms. The summed E-state index contributed by atoms with van der Waals surface area (Å²) in [6, 6.07) is 9.20. The number of hydrogen-bond donors (Lipinski definition) is 2. The number of sulfonamides is 1. The lowest BCUT2D eigenvalue weighted by Gasteiger charge is -2.21. The highest BCUT2D eigenvalue weighted by molar-refractivity contribution is 7.89. The SMILES string of the molecule is CCN(CC)S(=O)(=O)c1ccc(Cl)c(NC(=O)C(C)NC(C)c2ccccn2)c1. The minimum atomic E-state index is -3.65. The number of aromatic nitrogens is 1. The number of amides is 1. The van der Waals surface area contributed by atoms with Gasteiger partial charge in [0, 0.05) is 25.3 Å². The van der Waals surface area contributed by atoms with E-state index in [1.165, 1.54) is 22.5 Å². The van der Waals surface area contributed by atoms with E-state index in [0.717, 1.165) is 5.69 Å². The number of nitrogens with zero attached hydrogens (tertiary/aromatic N) is 2. The third-order valence-electron chi connectivity index (χ3n) is 4.56. The summed E-state index contributed by atoms with van der Waals surface area (Å²) in [5.41, 5.74) is 1.07. The van der Waals surface area contributed by atoms with Crippen molar-refractivity contribution in [2.75, 3.05) is 18.4 Å². The first-order valence-electron chi connectivity index (χ1n) is 9.48. The molecule has 0 aliphatic carbocycles. The van der Waals surface area contributed by atoms with Crippen molar-refractivity contribution in [3.8, 4) is 0 Å². The van der Waals surface area contributed by atoms with Gasteiger partial charge < -0.3 is 5.32 Å². The quantitative estimate of drug-likeness (QED) is 0.625. The summed E-state index contributed by atoms with van der Waals surface area (Å²) in [7, 11) is -3.65. The number of benzene rings is 1. The summed E-state index contributed by atoms with van der Waals surface area (Å²) in [4.78, 5) is 17.0. The molecule has 29 heavy (non-hydrogen) atoms. The Hall–Kier alpha value is -2.00. The van der Waals surface area contributed by atoms with Crippen molar-refractivity contribution < 1.29 is 13.2 Å². The van der Waals surface area contributed by atoms with Crippen LogP contribution in [0.25, 0.3) is 0 Å². The van der Waals surface area contributed by atoms with Crippen molar-refractivity contribution in [2.45, 2.75) is 44.7 Å². The van der Waals surface area contributed by atoms with Crippen LogP contribution >= 0.6 is 11.6 Å². The number of carbonyl (C=O) groups is 1. The average molecular weight is 439 g/mol. The van der Waals surface area contributed by atoms with E-state index >= 15 is 0 Å². The molecule has 7 nitrogen and oxygen atoms in total. The van der Waals surface area contributed by atoms with Crippen molar-refractivity contribution in [1.82, 2.24) is 14.6 Å². The molecule has 1 amide bonds. The minimum absolute atomic E-state index is 0.0864. The van der Waals surface area contributed by atoms with Gasteiger partial charge in [0.15, 0.2) is 0 Å². The van der Waals surface area contributed by atoms with Crippen LogP contribution in [0.1, 0.15) is 39.4 Å². The first-order chi connectivity index (χ1) is 13.7. The standard InChI is InChI=1S/C20H27ClN4O3S/c1-5-25(6-2)29(27,28)16-10-11-17(21)19(13-16)24-20(26)15(4)23-14(3)18-9-7-8-12-22-18/h7-15,23H,5-6H2,1-4H3,(H,24,26). The first kappa shape index (κ1) is 23.3. The van der Waals surface area contributed by atoms with Crippen LogP contribution < -0.4 is 10.6 Å². The van der Waals surface area contributed by atoms with Gasteiger partial charge in [0.05, 0.1) is 27.3 Å². The van der Waals surface area contributed by atoms with E-state index in [1.807, 2.05) is 25.1 Å². The number of carbonyl (C=O) groups excluding carboxylic acids is 1. The van der Waals surface area contributed by atoms with Crippen LogP contribution in [0.3, 0.4) is 0 Å². The zero-order valence-electron chi connectivity index (χ0n) is 17.0. The number of rotatable bonds is 9. The predicted octanol–water partition coefficient (Wildman–Crippen LogP) is 3.44. The topological polar surface area (TPSA) is 91.4 Å². The lowest BCUT2D eigenvalue weighted by Crippen LogP contribution is -2.39. The summed E-state index contributed by atoms with van der Waals surface area (Å²) >= 11 is 6.19. The second-order valence-corrected chi connectivity index (χ2v) is 8.93. The molecule has 0 saturated heterocycles. The van der Waals surface area contributed by atoms with Crippen molar-refractivity contribution in [3.05, 3.63) is 53.3 Å². The molecule has 2 N–H and O–H groups in total. The molecule has 9 heteroatoms. The lowest BCUT2D eigenvalue weighted by molar-refractivity contribution is -0.117. The Morgan fingerprint density at radius 1 is 1.17 bits per heavy atom. The fourth-order valence-corrected chi connectivity index (χ4v) is 4.53. The monoisotopic (exact) mass is 438 g/mol. The molecule has 0 aliphatic heterocycles. The molecule has 1 aromatic carbocycles. The molecule has 1 heterocycles. The maximum atomic E-state index is 12.7. The molecular formula is C20H27ClN4O3S. The fraction of sp³-hybridized carbons (Fsp3) is 0.400. The molecule has 158 valence electrons. The normalized spacial score (nSPS) is 13.9. The van der Waals surface area contributed by atoms with Crippen LogP contribution in [0.15, 0.2) is 47.5 Å². The van der Waals surface area contributed by atoms with Gasteiger partial charge in [0.1, 0.15) is 0 Å². The zero-order chi connectivity index (χ0) is 21.6. The van der Waals surface area contributed by atoms with Crippen LogP contribution in [-0.4, -0.2) is 42.7 Å². The highest BCUT2D eigenvalue weighted by Gasteiger charge is 2.24. The Morgan fingerprint density at radius 2 is 1.86 bits per heavy atom. The van der Waals surface area contributed by atoms with Crippen LogP contribution in [0.5, 0.6) is 0 Å². The summed E-state index contributed by atoms with van der Waals surface area (Å²) in [6.07, 6.45) is 1.69. The van der Waals surface area contributed by atoms with E-state index in [-0.39, 0.29) is 27.6 Å². The second kappa shape index (κ2) is 10.2. The molecule has 2 aromatic rings. The van der Waals surface area contributed by atoms with Gasteiger partial charge in [-0.25, -0.2) is 8.42 Å². The number of pyridine rings is 1. The number of hydrogen-bond acceptors (Lipinski definition) is 5. The van der Waals surface area contributed by atoms with Gasteiger partial charge in [-0.3, -0.25) is 15.1 Å². The Morgan fingerprint density at radius 3 is 2.45 bits per heavy atom. The summed E-state index contributed by atoms with van der Waals surface area (Å²) in [6.45, 7) is 7.89. The molecule has 2 rings (SSSR count). The van der Waals surface area contributed by atoms with Crippen molar-refractivity contribution in [3.63, 3.8) is 0 Å². The first-order valence-corrected chi connectivity index (χ1v) is 11.3. The molecule has 2 unspecified atom stereocenters. The molecule has 0 saturated carbocycles. The Kier molecular flexibility index (Phi) is 8.15. The summed E-state index contributed by atoms with van der Waals surface area (Å²) in [5.74, 6) is -0.327. The Labute approximate surface area is 177 Å². The van der Waals surface area contributed by atoms with Gasteiger partial charge in [-0.15, -0.1) is 0 Å². The van der Waals surface area contributed by atoms with E-state index in [2.05, 4.69) is 15.6 Å². The third-order valence-corrected chi connectivity index (χ3v) is 6.94. The molecule has 0 radical (unpaired) electrons. The van der Waals surface area contributed by atoms with Crippen molar-refractivity contribution in [2.24, 2.45) is 0 Å². The van der Waals surface area contributed by atoms with E-state index in [4.69, 9.17) is 11.6 Å². The van der Waals surface area contributed by atoms with Crippen LogP contribution in [0.2, 0.25) is 5.02 Å². The maximum Gasteiger partial charge on any atom is 0.243 e. The number of halogens is 1. The van der Waals surface area contributed by atoms with E-state index < -0.39 is 16.1 Å². The molecular weight excluding hydrogens is 412 g/mol. The van der Waals surface area contributed by atoms with Gasteiger partial charge in [-0.1, -0.05) is 31.5 Å². The van der Waals surface area contributed by atoms with E-state index in [0.29, 0.717) is 13.1 Å². The number of anilines is 1. The van der Waals surface area contributed by atoms with Crippen molar-refractivity contribution in [1.29, 1.82) is 0 Å². The molecule has 0 fully saturated rings. The maximum absolute atomic E-state index is 12.7. The van der Waals surface area contributed by atoms with E-state index in [1.54, 1.807) is 27.0 Å². The highest BCUT2D eigenvalue weighted by atomic mass is 35.5. The summed E-state index contributed by atoms with van der Waals surface area (Å²) in [5, 5.41) is 6.16. The van der Waals surface area contributed by atoms with E-state index in [9.17, 15) is 13.2 Å². The smallest absolute Gasteiger partial charge is 0.243 e. The largest absolute Gasteiger partial charge is 0.323 e. The van der Waals surface area contributed by atoms with Crippen LogP contribution in [-0.2, 0) is 14.8 Å².